The number of likely N-dealkylation sites (tertiary alicyclic amines) is 1. The zero-order valence-corrected chi connectivity index (χ0v) is 16.9. The maximum atomic E-state index is 12.8. The first-order chi connectivity index (χ1) is 14.0. The Labute approximate surface area is 172 Å². The number of benzene rings is 1. The number of aromatic nitrogens is 2. The molecule has 2 heterocycles. The molecule has 1 aliphatic heterocycles. The fourth-order valence-corrected chi connectivity index (χ4v) is 3.89. The van der Waals surface area contributed by atoms with Crippen molar-refractivity contribution in [3.8, 4) is 0 Å². The van der Waals surface area contributed by atoms with Crippen molar-refractivity contribution in [2.24, 2.45) is 0 Å². The Balaban J connectivity index is 1.58. The van der Waals surface area contributed by atoms with Gasteiger partial charge < -0.3 is 15.0 Å². The van der Waals surface area contributed by atoms with Gasteiger partial charge in [-0.05, 0) is 37.1 Å². The lowest BCUT2D eigenvalue weighted by Crippen LogP contribution is -2.28. The van der Waals surface area contributed by atoms with E-state index in [2.05, 4.69) is 22.1 Å². The highest BCUT2D eigenvalue weighted by Gasteiger charge is 2.31. The molecule has 0 saturated carbocycles. The lowest BCUT2D eigenvalue weighted by molar-refractivity contribution is -0.116. The zero-order chi connectivity index (χ0) is 20.8. The van der Waals surface area contributed by atoms with E-state index in [1.807, 2.05) is 12.1 Å². The Morgan fingerprint density at radius 2 is 2.07 bits per heavy atom. The molecule has 1 unspecified atom stereocenters. The van der Waals surface area contributed by atoms with Crippen molar-refractivity contribution in [3.63, 3.8) is 0 Å². The normalized spacial score (nSPS) is 15.8. The van der Waals surface area contributed by atoms with Crippen molar-refractivity contribution in [3.05, 3.63) is 58.1 Å². The smallest absolute Gasteiger partial charge is 0.369 e. The average Bonchev–Trinajstić information content (AvgIpc) is 3.41. The van der Waals surface area contributed by atoms with Crippen LogP contribution in [0.3, 0.4) is 0 Å². The summed E-state index contributed by atoms with van der Waals surface area (Å²) in [4.78, 5) is 37.5. The number of rotatable bonds is 7. The van der Waals surface area contributed by atoms with Gasteiger partial charge in [0.2, 0.25) is 10.9 Å². The van der Waals surface area contributed by atoms with Gasteiger partial charge in [-0.1, -0.05) is 30.0 Å². The van der Waals surface area contributed by atoms with Gasteiger partial charge in [0.25, 0.3) is 5.91 Å². The molecule has 1 fully saturated rings. The van der Waals surface area contributed by atoms with Crippen LogP contribution in [0.1, 0.15) is 50.0 Å². The summed E-state index contributed by atoms with van der Waals surface area (Å²) in [5, 5.41) is 11.7. The molecule has 1 atom stereocenters. The standard InChI is InChI=1S/C20H22N4O4S/c1-3-16(25)21-11-13-5-7-14(8-6-13)19(26)24-10-9-15(12-24)17-22-23-18(29-17)20(27)28-4-2/h3,5-8,15H,1,4,9-12H2,2H3,(H,21,25). The van der Waals surface area contributed by atoms with E-state index in [4.69, 9.17) is 4.74 Å². The second-order valence-electron chi connectivity index (χ2n) is 6.52. The average molecular weight is 414 g/mol. The summed E-state index contributed by atoms with van der Waals surface area (Å²) in [6.07, 6.45) is 1.99. The molecule has 1 N–H and O–H groups in total. The van der Waals surface area contributed by atoms with Crippen LogP contribution in [0.5, 0.6) is 0 Å². The first-order valence-corrected chi connectivity index (χ1v) is 10.1. The fraction of sp³-hybridized carbons (Fsp3) is 0.350. The number of nitrogens with one attached hydrogen (secondary N) is 1. The molecule has 2 aromatic rings. The van der Waals surface area contributed by atoms with Gasteiger partial charge in [-0.3, -0.25) is 9.59 Å². The number of hydrogen-bond donors (Lipinski definition) is 1. The third kappa shape index (κ3) is 5.05. The SMILES string of the molecule is C=CC(=O)NCc1ccc(C(=O)N2CCC(c3nnc(C(=O)OCC)s3)C2)cc1. The van der Waals surface area contributed by atoms with Gasteiger partial charge in [0.05, 0.1) is 6.61 Å². The minimum Gasteiger partial charge on any atom is -0.461 e. The van der Waals surface area contributed by atoms with Gasteiger partial charge in [-0.25, -0.2) is 4.79 Å². The largest absolute Gasteiger partial charge is 0.461 e. The van der Waals surface area contributed by atoms with E-state index in [0.717, 1.165) is 17.0 Å². The number of hydrogen-bond acceptors (Lipinski definition) is 7. The van der Waals surface area contributed by atoms with Crippen molar-refractivity contribution in [2.75, 3.05) is 19.7 Å². The summed E-state index contributed by atoms with van der Waals surface area (Å²) in [5.74, 6) is -0.695. The summed E-state index contributed by atoms with van der Waals surface area (Å²) in [6.45, 7) is 6.97. The van der Waals surface area contributed by atoms with Crippen molar-refractivity contribution < 1.29 is 19.1 Å². The summed E-state index contributed by atoms with van der Waals surface area (Å²) in [7, 11) is 0. The summed E-state index contributed by atoms with van der Waals surface area (Å²) >= 11 is 1.22. The molecule has 0 bridgehead atoms. The van der Waals surface area contributed by atoms with Crippen LogP contribution in [-0.2, 0) is 16.1 Å². The van der Waals surface area contributed by atoms with Crippen molar-refractivity contribution in [1.29, 1.82) is 0 Å². The quantitative estimate of drug-likeness (QED) is 0.550. The van der Waals surface area contributed by atoms with Crippen molar-refractivity contribution in [2.45, 2.75) is 25.8 Å². The predicted molar refractivity (Wildman–Crippen MR) is 108 cm³/mol. The van der Waals surface area contributed by atoms with Crippen molar-refractivity contribution in [1.82, 2.24) is 20.4 Å². The van der Waals surface area contributed by atoms with Crippen molar-refractivity contribution >= 4 is 29.1 Å². The van der Waals surface area contributed by atoms with E-state index in [-0.39, 0.29) is 22.7 Å². The van der Waals surface area contributed by atoms with Gasteiger partial charge in [0, 0.05) is 31.1 Å². The molecule has 1 aliphatic rings. The lowest BCUT2D eigenvalue weighted by Gasteiger charge is -2.16. The number of amides is 2. The fourth-order valence-electron chi connectivity index (χ4n) is 3.03. The molecule has 3 rings (SSSR count). The van der Waals surface area contributed by atoms with Crippen LogP contribution in [0.15, 0.2) is 36.9 Å². The second kappa shape index (κ2) is 9.42. The van der Waals surface area contributed by atoms with Crippen LogP contribution in [0.2, 0.25) is 0 Å². The van der Waals surface area contributed by atoms with Gasteiger partial charge in [0.15, 0.2) is 0 Å². The number of carbonyl (C=O) groups is 3. The van der Waals surface area contributed by atoms with E-state index >= 15 is 0 Å². The molecule has 8 nitrogen and oxygen atoms in total. The molecule has 152 valence electrons. The molecular formula is C20H22N4O4S. The highest BCUT2D eigenvalue weighted by atomic mass is 32.1. The number of ether oxygens (including phenoxy) is 1. The highest BCUT2D eigenvalue weighted by molar-refractivity contribution is 7.13. The molecular weight excluding hydrogens is 392 g/mol. The molecule has 1 aromatic heterocycles. The minimum absolute atomic E-state index is 0.0516. The molecule has 0 aliphatic carbocycles. The first kappa shape index (κ1) is 20.7. The van der Waals surface area contributed by atoms with Gasteiger partial charge in [-0.15, -0.1) is 10.2 Å². The third-order valence-corrected chi connectivity index (χ3v) is 5.63. The molecule has 29 heavy (non-hydrogen) atoms. The van der Waals surface area contributed by atoms with Gasteiger partial charge >= 0.3 is 5.97 Å². The van der Waals surface area contributed by atoms with E-state index in [9.17, 15) is 14.4 Å². The first-order valence-electron chi connectivity index (χ1n) is 9.30. The minimum atomic E-state index is -0.466. The summed E-state index contributed by atoms with van der Waals surface area (Å²) < 4.78 is 4.94. The number of carbonyl (C=O) groups excluding carboxylic acids is 3. The highest BCUT2D eigenvalue weighted by Crippen LogP contribution is 2.30. The molecule has 2 amide bonds. The molecule has 1 aromatic carbocycles. The van der Waals surface area contributed by atoms with Crippen LogP contribution < -0.4 is 5.32 Å². The van der Waals surface area contributed by atoms with Crippen LogP contribution in [0, 0.1) is 0 Å². The van der Waals surface area contributed by atoms with Crippen LogP contribution >= 0.6 is 11.3 Å². The zero-order valence-electron chi connectivity index (χ0n) is 16.1. The number of nitrogens with zero attached hydrogens (tertiary/aromatic N) is 3. The van der Waals surface area contributed by atoms with E-state index in [1.54, 1.807) is 24.0 Å². The third-order valence-electron chi connectivity index (χ3n) is 4.57. The Morgan fingerprint density at radius 1 is 1.31 bits per heavy atom. The summed E-state index contributed by atoms with van der Waals surface area (Å²) in [5.41, 5.74) is 1.49. The van der Waals surface area contributed by atoms with E-state index in [1.165, 1.54) is 17.4 Å². The second-order valence-corrected chi connectivity index (χ2v) is 7.53. The topological polar surface area (TPSA) is 101 Å². The van der Waals surface area contributed by atoms with E-state index in [0.29, 0.717) is 31.8 Å². The Bertz CT molecular complexity index is 909. The van der Waals surface area contributed by atoms with Crippen LogP contribution in [0.25, 0.3) is 0 Å². The molecule has 0 spiro atoms. The maximum Gasteiger partial charge on any atom is 0.369 e. The van der Waals surface area contributed by atoms with Gasteiger partial charge in [-0.2, -0.15) is 0 Å². The molecule has 9 heteroatoms. The van der Waals surface area contributed by atoms with Gasteiger partial charge in [0.1, 0.15) is 5.01 Å². The van der Waals surface area contributed by atoms with Crippen LogP contribution in [-0.4, -0.2) is 52.6 Å². The Hall–Kier alpha value is -3.07. The molecule has 1 saturated heterocycles. The summed E-state index contributed by atoms with van der Waals surface area (Å²) in [6, 6.07) is 7.16. The maximum absolute atomic E-state index is 12.8. The number of esters is 1. The van der Waals surface area contributed by atoms with E-state index < -0.39 is 5.97 Å². The Morgan fingerprint density at radius 3 is 2.76 bits per heavy atom. The lowest BCUT2D eigenvalue weighted by atomic mass is 10.1. The monoisotopic (exact) mass is 414 g/mol. The van der Waals surface area contributed by atoms with Crippen LogP contribution in [0.4, 0.5) is 0 Å². The molecule has 0 radical (unpaired) electrons. The predicted octanol–water partition coefficient (Wildman–Crippen LogP) is 2.15. The Kier molecular flexibility index (Phi) is 6.71.